The highest BCUT2D eigenvalue weighted by atomic mass is 35.5. The smallest absolute Gasteiger partial charge is 0.255 e. The van der Waals surface area contributed by atoms with E-state index >= 15 is 0 Å². The molecule has 216 valence electrons. The van der Waals surface area contributed by atoms with Crippen molar-refractivity contribution >= 4 is 23.4 Å². The van der Waals surface area contributed by atoms with E-state index in [2.05, 4.69) is 10.3 Å². The Labute approximate surface area is 245 Å². The van der Waals surface area contributed by atoms with E-state index in [9.17, 15) is 9.59 Å². The van der Waals surface area contributed by atoms with Gasteiger partial charge in [0.2, 0.25) is 5.91 Å². The van der Waals surface area contributed by atoms with Crippen LogP contribution in [0.5, 0.6) is 5.75 Å². The van der Waals surface area contributed by atoms with E-state index in [1.807, 2.05) is 49.4 Å². The summed E-state index contributed by atoms with van der Waals surface area (Å²) < 4.78 is 10.8. The fourth-order valence-electron chi connectivity index (χ4n) is 5.64. The molecule has 10 heteroatoms. The van der Waals surface area contributed by atoms with Crippen LogP contribution in [0.3, 0.4) is 0 Å². The number of aromatic nitrogens is 2. The molecule has 2 aliphatic heterocycles. The number of hydrogen-bond donors (Lipinski definition) is 2. The lowest BCUT2D eigenvalue weighted by Gasteiger charge is -2.25. The van der Waals surface area contributed by atoms with E-state index in [1.54, 1.807) is 18.2 Å². The van der Waals surface area contributed by atoms with Crippen LogP contribution in [0.1, 0.15) is 65.6 Å². The van der Waals surface area contributed by atoms with Crippen molar-refractivity contribution in [1.82, 2.24) is 20.2 Å². The van der Waals surface area contributed by atoms with Crippen LogP contribution >= 0.6 is 11.6 Å². The van der Waals surface area contributed by atoms with Gasteiger partial charge >= 0.3 is 0 Å². The summed E-state index contributed by atoms with van der Waals surface area (Å²) in [7, 11) is 1.60. The average Bonchev–Trinajstić information content (AvgIpc) is 3.24. The minimum Gasteiger partial charge on any atom is -0.497 e. The SMILES string of the molecule is COc1cccc([C@@H](C)NC(=O)CN2C(=O)c3cc(-c4nc(CC5CCOCC5)ncc4Cl)ccc3[C@H]2CCN)c1. The number of ether oxygens (including phenoxy) is 2. The maximum Gasteiger partial charge on any atom is 0.255 e. The van der Waals surface area contributed by atoms with Gasteiger partial charge in [-0.05, 0) is 68.0 Å². The number of rotatable bonds is 10. The number of benzene rings is 2. The number of nitrogens with one attached hydrogen (secondary N) is 1. The van der Waals surface area contributed by atoms with Crippen molar-refractivity contribution in [2.24, 2.45) is 11.7 Å². The predicted octanol–water partition coefficient (Wildman–Crippen LogP) is 4.50. The first-order chi connectivity index (χ1) is 19.9. The van der Waals surface area contributed by atoms with E-state index in [4.69, 9.17) is 31.8 Å². The van der Waals surface area contributed by atoms with Gasteiger partial charge in [-0.2, -0.15) is 0 Å². The molecule has 3 aromatic rings. The summed E-state index contributed by atoms with van der Waals surface area (Å²) in [5.41, 5.74) is 9.56. The molecule has 9 nitrogen and oxygen atoms in total. The maximum atomic E-state index is 13.7. The van der Waals surface area contributed by atoms with Crippen LogP contribution in [0, 0.1) is 5.92 Å². The third kappa shape index (κ3) is 6.53. The third-order valence-corrected chi connectivity index (χ3v) is 8.16. The molecule has 1 saturated heterocycles. The molecule has 0 bridgehead atoms. The summed E-state index contributed by atoms with van der Waals surface area (Å²) in [4.78, 5) is 37.6. The molecule has 3 N–H and O–H groups in total. The lowest BCUT2D eigenvalue weighted by atomic mass is 9.96. The standard InChI is InChI=1S/C31H36ClN5O4/c1-19(21-4-3-5-23(15-21)40-2)35-29(38)18-37-27(8-11-33)24-7-6-22(16-25(24)31(37)39)30-26(32)17-34-28(36-30)14-20-9-12-41-13-10-20/h3-7,15-17,19-20,27H,8-14,18,33H2,1-2H3,(H,35,38)/t19-,27-/m1/s1. The molecule has 1 fully saturated rings. The summed E-state index contributed by atoms with van der Waals surface area (Å²) in [6.07, 6.45) is 4.90. The third-order valence-electron chi connectivity index (χ3n) is 7.88. The van der Waals surface area contributed by atoms with E-state index in [1.165, 1.54) is 0 Å². The van der Waals surface area contributed by atoms with Crippen molar-refractivity contribution in [3.8, 4) is 17.0 Å². The zero-order valence-electron chi connectivity index (χ0n) is 23.4. The van der Waals surface area contributed by atoms with E-state index in [0.29, 0.717) is 40.9 Å². The van der Waals surface area contributed by atoms with Gasteiger partial charge in [-0.25, -0.2) is 9.97 Å². The van der Waals surface area contributed by atoms with E-state index in [-0.39, 0.29) is 30.4 Å². The Morgan fingerprint density at radius 1 is 1.24 bits per heavy atom. The van der Waals surface area contributed by atoms with Crippen molar-refractivity contribution in [3.05, 3.63) is 76.2 Å². The monoisotopic (exact) mass is 577 g/mol. The Kier molecular flexibility index (Phi) is 9.17. The molecule has 3 heterocycles. The highest BCUT2D eigenvalue weighted by molar-refractivity contribution is 6.32. The topological polar surface area (TPSA) is 120 Å². The molecule has 5 rings (SSSR count). The number of halogens is 1. The van der Waals surface area contributed by atoms with Gasteiger partial charge in [-0.3, -0.25) is 9.59 Å². The molecule has 0 radical (unpaired) electrons. The Morgan fingerprint density at radius 3 is 2.80 bits per heavy atom. The first-order valence-electron chi connectivity index (χ1n) is 14.1. The second-order valence-corrected chi connectivity index (χ2v) is 11.0. The molecular formula is C31H36ClN5O4. The van der Waals surface area contributed by atoms with Crippen LogP contribution in [0.2, 0.25) is 5.02 Å². The number of nitrogens with zero attached hydrogens (tertiary/aromatic N) is 3. The molecule has 2 amide bonds. The first-order valence-corrected chi connectivity index (χ1v) is 14.4. The van der Waals surface area contributed by atoms with Gasteiger partial charge in [-0.15, -0.1) is 0 Å². The minimum atomic E-state index is -0.292. The van der Waals surface area contributed by atoms with Crippen LogP contribution in [-0.2, 0) is 16.0 Å². The van der Waals surface area contributed by atoms with Crippen LogP contribution in [0.25, 0.3) is 11.3 Å². The summed E-state index contributed by atoms with van der Waals surface area (Å²) in [5, 5.41) is 3.43. The first kappa shape index (κ1) is 29.0. The molecule has 2 aromatic carbocycles. The number of fused-ring (bicyclic) bond motifs is 1. The second kappa shape index (κ2) is 13.0. The van der Waals surface area contributed by atoms with Crippen molar-refractivity contribution in [2.75, 3.05) is 33.4 Å². The summed E-state index contributed by atoms with van der Waals surface area (Å²) in [6.45, 7) is 3.72. The van der Waals surface area contributed by atoms with Crippen molar-refractivity contribution < 1.29 is 19.1 Å². The quantitative estimate of drug-likeness (QED) is 0.364. The van der Waals surface area contributed by atoms with Gasteiger partial charge in [0.15, 0.2) is 0 Å². The number of hydrogen-bond acceptors (Lipinski definition) is 7. The summed E-state index contributed by atoms with van der Waals surface area (Å²) in [5.74, 6) is 1.46. The highest BCUT2D eigenvalue weighted by Gasteiger charge is 2.37. The van der Waals surface area contributed by atoms with Gasteiger partial charge in [0.1, 0.15) is 18.1 Å². The number of nitrogens with two attached hydrogens (primary N) is 1. The average molecular weight is 578 g/mol. The van der Waals surface area contributed by atoms with Gasteiger partial charge in [0, 0.05) is 37.0 Å². The largest absolute Gasteiger partial charge is 0.497 e. The van der Waals surface area contributed by atoms with E-state index in [0.717, 1.165) is 55.0 Å². The number of carbonyl (C=O) groups excluding carboxylic acids is 2. The van der Waals surface area contributed by atoms with Crippen LogP contribution in [0.15, 0.2) is 48.7 Å². The van der Waals surface area contributed by atoms with Gasteiger partial charge in [0.25, 0.3) is 5.91 Å². The Hall–Kier alpha value is -3.53. The Bertz CT molecular complexity index is 1410. The molecule has 0 spiro atoms. The van der Waals surface area contributed by atoms with Crippen LogP contribution < -0.4 is 15.8 Å². The van der Waals surface area contributed by atoms with Gasteiger partial charge < -0.3 is 25.4 Å². The fourth-order valence-corrected chi connectivity index (χ4v) is 5.84. The zero-order valence-corrected chi connectivity index (χ0v) is 24.2. The lowest BCUT2D eigenvalue weighted by Crippen LogP contribution is -2.40. The lowest BCUT2D eigenvalue weighted by molar-refractivity contribution is -0.122. The molecule has 41 heavy (non-hydrogen) atoms. The summed E-state index contributed by atoms with van der Waals surface area (Å²) >= 11 is 6.54. The molecule has 0 saturated carbocycles. The summed E-state index contributed by atoms with van der Waals surface area (Å²) in [6, 6.07) is 12.7. The van der Waals surface area contributed by atoms with E-state index < -0.39 is 0 Å². The maximum absolute atomic E-state index is 13.7. The van der Waals surface area contributed by atoms with Gasteiger partial charge in [0.05, 0.1) is 29.9 Å². The van der Waals surface area contributed by atoms with Crippen molar-refractivity contribution in [2.45, 2.75) is 44.7 Å². The van der Waals surface area contributed by atoms with Gasteiger partial charge in [-0.1, -0.05) is 35.9 Å². The zero-order chi connectivity index (χ0) is 28.9. The highest BCUT2D eigenvalue weighted by Crippen LogP contribution is 2.38. The Balaban J connectivity index is 1.34. The number of amides is 2. The van der Waals surface area contributed by atoms with Crippen LogP contribution in [-0.4, -0.2) is 60.1 Å². The molecule has 2 aliphatic rings. The molecular weight excluding hydrogens is 542 g/mol. The second-order valence-electron chi connectivity index (χ2n) is 10.6. The Morgan fingerprint density at radius 2 is 2.05 bits per heavy atom. The molecule has 2 atom stereocenters. The number of methoxy groups -OCH3 is 1. The predicted molar refractivity (Wildman–Crippen MR) is 157 cm³/mol. The molecule has 1 aromatic heterocycles. The minimum absolute atomic E-state index is 0.0780. The van der Waals surface area contributed by atoms with Crippen LogP contribution in [0.4, 0.5) is 0 Å². The fraction of sp³-hybridized carbons (Fsp3) is 0.419. The number of carbonyl (C=O) groups is 2. The molecule has 0 aliphatic carbocycles. The van der Waals surface area contributed by atoms with Crippen molar-refractivity contribution in [1.29, 1.82) is 0 Å². The normalized spacial score (nSPS) is 17.8. The van der Waals surface area contributed by atoms with Crippen molar-refractivity contribution in [3.63, 3.8) is 0 Å². The molecule has 0 unspecified atom stereocenters.